The zero-order chi connectivity index (χ0) is 22.5. The minimum Gasteiger partial charge on any atom is -0.459 e. The maximum Gasteiger partial charge on any atom is 0.358 e. The van der Waals surface area contributed by atoms with E-state index >= 15 is 0 Å². The Bertz CT molecular complexity index is 1100. The van der Waals surface area contributed by atoms with Crippen LogP contribution in [0.4, 0.5) is 4.79 Å². The number of amides is 2. The molecule has 0 radical (unpaired) electrons. The van der Waals surface area contributed by atoms with Crippen molar-refractivity contribution in [2.45, 2.75) is 6.04 Å². The number of benzene rings is 3. The van der Waals surface area contributed by atoms with Crippen molar-refractivity contribution in [2.24, 2.45) is 5.10 Å². The molecule has 3 aromatic rings. The van der Waals surface area contributed by atoms with E-state index in [9.17, 15) is 9.59 Å². The Morgan fingerprint density at radius 1 is 0.875 bits per heavy atom. The lowest BCUT2D eigenvalue weighted by atomic mass is 10.1. The van der Waals surface area contributed by atoms with E-state index in [4.69, 9.17) is 4.74 Å². The number of hydrazone groups is 1. The van der Waals surface area contributed by atoms with Crippen LogP contribution in [0, 0.1) is 0 Å². The largest absolute Gasteiger partial charge is 0.459 e. The molecule has 1 heterocycles. The second-order valence-electron chi connectivity index (χ2n) is 7.35. The Balaban J connectivity index is 1.72. The lowest BCUT2D eigenvalue weighted by Gasteiger charge is -2.44. The van der Waals surface area contributed by atoms with Crippen molar-refractivity contribution in [1.29, 1.82) is 0 Å². The first-order valence-electron chi connectivity index (χ1n) is 10.3. The Kier molecular flexibility index (Phi) is 6.17. The number of hydrogen-bond donors (Lipinski definition) is 0. The lowest BCUT2D eigenvalue weighted by Crippen LogP contribution is -2.57. The van der Waals surface area contributed by atoms with Gasteiger partial charge in [0.1, 0.15) is 12.6 Å². The van der Waals surface area contributed by atoms with Gasteiger partial charge in [-0.05, 0) is 17.7 Å². The number of urea groups is 1. The summed E-state index contributed by atoms with van der Waals surface area (Å²) in [5.74, 6) is 0.160. The second-order valence-corrected chi connectivity index (χ2v) is 7.35. The van der Waals surface area contributed by atoms with Gasteiger partial charge in [-0.3, -0.25) is 5.01 Å². The van der Waals surface area contributed by atoms with Crippen LogP contribution in [0.2, 0.25) is 0 Å². The molecular formula is C25H24N4O3. The van der Waals surface area contributed by atoms with Crippen LogP contribution in [0.3, 0.4) is 0 Å². The van der Waals surface area contributed by atoms with Crippen LogP contribution < -0.4 is 0 Å². The maximum absolute atomic E-state index is 12.8. The Morgan fingerprint density at radius 3 is 2.06 bits per heavy atom. The molecule has 3 aromatic carbocycles. The zero-order valence-corrected chi connectivity index (χ0v) is 18.0. The predicted molar refractivity (Wildman–Crippen MR) is 122 cm³/mol. The molecule has 0 bridgehead atoms. The number of hydrogen-bond acceptors (Lipinski definition) is 5. The highest BCUT2D eigenvalue weighted by atomic mass is 16.5. The van der Waals surface area contributed by atoms with Crippen LogP contribution in [0.15, 0.2) is 96.1 Å². The summed E-state index contributed by atoms with van der Waals surface area (Å²) in [6, 6.07) is 27.3. The first-order chi connectivity index (χ1) is 15.6. The first-order valence-corrected chi connectivity index (χ1v) is 10.3. The molecule has 0 saturated carbocycles. The van der Waals surface area contributed by atoms with Crippen molar-refractivity contribution in [3.8, 4) is 0 Å². The SMILES string of the molecule is CN1N=C(c2ccccc2)N(C(COC(=O)c2ccccc2)c2ccccc2)N(C)C1=O. The second kappa shape index (κ2) is 9.34. The molecule has 0 saturated heterocycles. The van der Waals surface area contributed by atoms with Crippen LogP contribution in [-0.4, -0.2) is 53.6 Å². The third kappa shape index (κ3) is 4.32. The summed E-state index contributed by atoms with van der Waals surface area (Å²) in [4.78, 5) is 25.5. The predicted octanol–water partition coefficient (Wildman–Crippen LogP) is 4.16. The van der Waals surface area contributed by atoms with Crippen LogP contribution in [0.25, 0.3) is 0 Å². The topological polar surface area (TPSA) is 65.5 Å². The van der Waals surface area contributed by atoms with E-state index in [2.05, 4.69) is 5.10 Å². The van der Waals surface area contributed by atoms with Gasteiger partial charge in [0.2, 0.25) is 0 Å². The molecule has 32 heavy (non-hydrogen) atoms. The number of esters is 1. The van der Waals surface area contributed by atoms with Crippen LogP contribution in [-0.2, 0) is 4.74 Å². The van der Waals surface area contributed by atoms with Gasteiger partial charge in [-0.15, -0.1) is 5.10 Å². The third-order valence-electron chi connectivity index (χ3n) is 5.23. The number of rotatable bonds is 6. The molecule has 7 heteroatoms. The number of carbonyl (C=O) groups excluding carboxylic acids is 2. The van der Waals surface area contributed by atoms with Gasteiger partial charge in [0.05, 0.1) is 5.56 Å². The monoisotopic (exact) mass is 428 g/mol. The summed E-state index contributed by atoms with van der Waals surface area (Å²) in [5.41, 5.74) is 2.20. The van der Waals surface area contributed by atoms with E-state index in [1.807, 2.05) is 66.7 Å². The summed E-state index contributed by atoms with van der Waals surface area (Å²) >= 11 is 0. The van der Waals surface area contributed by atoms with Crippen LogP contribution >= 0.6 is 0 Å². The summed E-state index contributed by atoms with van der Waals surface area (Å²) in [5, 5.41) is 9.13. The van der Waals surface area contributed by atoms with Crippen molar-refractivity contribution < 1.29 is 14.3 Å². The Labute approximate surface area is 187 Å². The normalized spacial score (nSPS) is 14.8. The molecule has 1 aliphatic heterocycles. The van der Waals surface area contributed by atoms with Crippen molar-refractivity contribution in [3.63, 3.8) is 0 Å². The fourth-order valence-electron chi connectivity index (χ4n) is 3.60. The highest BCUT2D eigenvalue weighted by Gasteiger charge is 2.37. The van der Waals surface area contributed by atoms with Gasteiger partial charge in [0.25, 0.3) is 0 Å². The number of hydrazine groups is 1. The summed E-state index contributed by atoms with van der Waals surface area (Å²) in [7, 11) is 3.30. The quantitative estimate of drug-likeness (QED) is 0.553. The van der Waals surface area contributed by atoms with Crippen LogP contribution in [0.5, 0.6) is 0 Å². The molecule has 1 aliphatic rings. The van der Waals surface area contributed by atoms with E-state index in [-0.39, 0.29) is 12.6 Å². The minimum absolute atomic E-state index is 0.0327. The zero-order valence-electron chi connectivity index (χ0n) is 18.0. The van der Waals surface area contributed by atoms with Crippen LogP contribution in [0.1, 0.15) is 27.5 Å². The molecule has 0 N–H and O–H groups in total. The van der Waals surface area contributed by atoms with Gasteiger partial charge in [-0.1, -0.05) is 78.9 Å². The van der Waals surface area contributed by atoms with E-state index in [0.717, 1.165) is 11.1 Å². The number of ether oxygens (including phenoxy) is 1. The fraction of sp³-hybridized carbons (Fsp3) is 0.160. The molecule has 1 atom stereocenters. The van der Waals surface area contributed by atoms with Gasteiger partial charge in [-0.2, -0.15) is 0 Å². The molecule has 1 unspecified atom stereocenters. The molecule has 162 valence electrons. The average molecular weight is 428 g/mol. The van der Waals surface area contributed by atoms with E-state index in [0.29, 0.717) is 11.4 Å². The molecule has 0 spiro atoms. The third-order valence-corrected chi connectivity index (χ3v) is 5.23. The van der Waals surface area contributed by atoms with Gasteiger partial charge >= 0.3 is 12.0 Å². The van der Waals surface area contributed by atoms with Gasteiger partial charge in [-0.25, -0.2) is 19.6 Å². The Hall–Kier alpha value is -4.13. The highest BCUT2D eigenvalue weighted by molar-refractivity contribution is 6.01. The van der Waals surface area contributed by atoms with Crippen molar-refractivity contribution >= 4 is 17.8 Å². The summed E-state index contributed by atoms with van der Waals surface area (Å²) in [6.45, 7) is 0.0327. The van der Waals surface area contributed by atoms with Crippen molar-refractivity contribution in [3.05, 3.63) is 108 Å². The standard InChI is InChI=1S/C25H24N4O3/c1-27-25(31)28(2)29(23(26-27)20-14-8-4-9-15-20)22(19-12-6-3-7-13-19)18-32-24(30)21-16-10-5-11-17-21/h3-17,22H,18H2,1-2H3. The fourth-order valence-corrected chi connectivity index (χ4v) is 3.60. The van der Waals surface area contributed by atoms with Crippen molar-refractivity contribution in [2.75, 3.05) is 20.7 Å². The molecule has 2 amide bonds. The molecule has 0 aliphatic carbocycles. The number of nitrogens with zero attached hydrogens (tertiary/aromatic N) is 4. The first kappa shape index (κ1) is 21.1. The lowest BCUT2D eigenvalue weighted by molar-refractivity contribution is -0.000535. The van der Waals surface area contributed by atoms with Gasteiger partial charge < -0.3 is 4.74 Å². The summed E-state index contributed by atoms with van der Waals surface area (Å²) < 4.78 is 5.71. The van der Waals surface area contributed by atoms with Gasteiger partial charge in [0.15, 0.2) is 5.84 Å². The molecular weight excluding hydrogens is 404 g/mol. The Morgan fingerprint density at radius 2 is 1.44 bits per heavy atom. The maximum atomic E-state index is 12.8. The van der Waals surface area contributed by atoms with E-state index in [1.54, 1.807) is 43.4 Å². The highest BCUT2D eigenvalue weighted by Crippen LogP contribution is 2.28. The molecule has 7 nitrogen and oxygen atoms in total. The average Bonchev–Trinajstić information content (AvgIpc) is 2.85. The van der Waals surface area contributed by atoms with Crippen molar-refractivity contribution in [1.82, 2.24) is 15.0 Å². The minimum atomic E-state index is -0.467. The number of amidine groups is 1. The smallest absolute Gasteiger partial charge is 0.358 e. The summed E-state index contributed by atoms with van der Waals surface area (Å²) in [6.07, 6.45) is 0. The van der Waals surface area contributed by atoms with E-state index < -0.39 is 12.0 Å². The number of carbonyl (C=O) groups is 2. The molecule has 0 aromatic heterocycles. The molecule has 0 fully saturated rings. The molecule has 4 rings (SSSR count). The van der Waals surface area contributed by atoms with E-state index in [1.165, 1.54) is 10.0 Å². The van der Waals surface area contributed by atoms with Gasteiger partial charge in [0, 0.05) is 19.7 Å².